The normalized spacial score (nSPS) is 12.8. The van der Waals surface area contributed by atoms with Crippen LogP contribution in [0, 0.1) is 11.7 Å². The van der Waals surface area contributed by atoms with Crippen molar-refractivity contribution in [2.75, 3.05) is 5.75 Å². The van der Waals surface area contributed by atoms with E-state index in [0.29, 0.717) is 4.90 Å². The van der Waals surface area contributed by atoms with Crippen LogP contribution >= 0.6 is 0 Å². The first-order chi connectivity index (χ1) is 7.00. The number of carbonyl (C=O) groups excluding carboxylic acids is 1. The maximum atomic E-state index is 12.8. The van der Waals surface area contributed by atoms with Crippen molar-refractivity contribution in [1.82, 2.24) is 0 Å². The minimum absolute atomic E-state index is 0.0406. The van der Waals surface area contributed by atoms with Gasteiger partial charge < -0.3 is 0 Å². The molecule has 2 nitrogen and oxygen atoms in total. The van der Waals surface area contributed by atoms with Gasteiger partial charge in [-0.05, 0) is 18.2 Å². The summed E-state index contributed by atoms with van der Waals surface area (Å²) in [7, 11) is -1.43. The molecule has 0 aliphatic rings. The van der Waals surface area contributed by atoms with E-state index in [2.05, 4.69) is 0 Å². The van der Waals surface area contributed by atoms with Crippen LogP contribution in [0.3, 0.4) is 0 Å². The summed E-state index contributed by atoms with van der Waals surface area (Å²) in [5.74, 6) is -0.681. The van der Waals surface area contributed by atoms with Crippen LogP contribution in [0.1, 0.15) is 13.8 Å². The molecule has 0 heterocycles. The Morgan fingerprint density at radius 1 is 1.47 bits per heavy atom. The number of ketones is 1. The van der Waals surface area contributed by atoms with Gasteiger partial charge in [-0.3, -0.25) is 9.00 Å². The zero-order valence-corrected chi connectivity index (χ0v) is 9.51. The van der Waals surface area contributed by atoms with E-state index in [1.54, 1.807) is 19.9 Å². The van der Waals surface area contributed by atoms with Gasteiger partial charge in [0.05, 0.1) is 16.6 Å². The number of Topliss-reactive ketones (excluding diaryl/α,β-unsaturated/α-hetero) is 1. The Morgan fingerprint density at radius 2 is 2.13 bits per heavy atom. The van der Waals surface area contributed by atoms with Gasteiger partial charge in [-0.1, -0.05) is 19.9 Å². The molecule has 0 spiro atoms. The lowest BCUT2D eigenvalue weighted by Crippen LogP contribution is -2.16. The van der Waals surface area contributed by atoms with E-state index in [4.69, 9.17) is 0 Å². The standard InChI is InChI=1S/C11H13FO2S/c1-8(2)11(13)7-15(14)10-5-3-4-9(12)6-10/h3-6,8H,7H2,1-2H3. The SMILES string of the molecule is CC(C)C(=O)CS(=O)c1cccc(F)c1. The van der Waals surface area contributed by atoms with E-state index in [1.807, 2.05) is 0 Å². The van der Waals surface area contributed by atoms with Crippen LogP contribution in [0.5, 0.6) is 0 Å². The summed E-state index contributed by atoms with van der Waals surface area (Å²) in [6.45, 7) is 3.51. The summed E-state index contributed by atoms with van der Waals surface area (Å²) in [5.41, 5.74) is 0. The fourth-order valence-electron chi connectivity index (χ4n) is 0.988. The van der Waals surface area contributed by atoms with Gasteiger partial charge >= 0.3 is 0 Å². The number of benzene rings is 1. The third kappa shape index (κ3) is 3.55. The zero-order valence-electron chi connectivity index (χ0n) is 8.70. The highest BCUT2D eigenvalue weighted by atomic mass is 32.2. The number of carbonyl (C=O) groups is 1. The summed E-state index contributed by atoms with van der Waals surface area (Å²) < 4.78 is 24.4. The Kier molecular flexibility index (Phi) is 4.15. The van der Waals surface area contributed by atoms with Crippen LogP contribution in [0.2, 0.25) is 0 Å². The number of hydrogen-bond donors (Lipinski definition) is 0. The molecule has 0 aliphatic heterocycles. The second kappa shape index (κ2) is 5.16. The fraction of sp³-hybridized carbons (Fsp3) is 0.364. The Morgan fingerprint density at radius 3 is 2.67 bits per heavy atom. The first kappa shape index (κ1) is 12.0. The summed E-state index contributed by atoms with van der Waals surface area (Å²) in [5, 5.41) is 0. The lowest BCUT2D eigenvalue weighted by Gasteiger charge is -2.04. The summed E-state index contributed by atoms with van der Waals surface area (Å²) in [4.78, 5) is 11.7. The minimum atomic E-state index is -1.43. The molecule has 0 aromatic heterocycles. The van der Waals surface area contributed by atoms with Gasteiger partial charge in [-0.15, -0.1) is 0 Å². The van der Waals surface area contributed by atoms with Gasteiger partial charge in [0.25, 0.3) is 0 Å². The molecule has 1 aromatic carbocycles. The van der Waals surface area contributed by atoms with Gasteiger partial charge in [0, 0.05) is 10.8 Å². The quantitative estimate of drug-likeness (QED) is 0.791. The summed E-state index contributed by atoms with van der Waals surface area (Å²) >= 11 is 0. The van der Waals surface area contributed by atoms with Crippen molar-refractivity contribution in [3.8, 4) is 0 Å². The predicted molar refractivity (Wildman–Crippen MR) is 57.5 cm³/mol. The Balaban J connectivity index is 2.74. The monoisotopic (exact) mass is 228 g/mol. The van der Waals surface area contributed by atoms with Crippen molar-refractivity contribution in [3.05, 3.63) is 30.1 Å². The molecule has 0 bridgehead atoms. The Hall–Kier alpha value is -1.03. The van der Waals surface area contributed by atoms with Crippen LogP contribution in [0.15, 0.2) is 29.2 Å². The molecule has 82 valence electrons. The van der Waals surface area contributed by atoms with Crippen molar-refractivity contribution in [3.63, 3.8) is 0 Å². The highest BCUT2D eigenvalue weighted by Crippen LogP contribution is 2.10. The largest absolute Gasteiger partial charge is 0.298 e. The maximum Gasteiger partial charge on any atom is 0.148 e. The molecule has 0 fully saturated rings. The molecular formula is C11H13FO2S. The number of halogens is 1. The van der Waals surface area contributed by atoms with Crippen molar-refractivity contribution < 1.29 is 13.4 Å². The van der Waals surface area contributed by atoms with Crippen LogP contribution in [-0.4, -0.2) is 15.7 Å². The number of hydrogen-bond acceptors (Lipinski definition) is 2. The molecule has 15 heavy (non-hydrogen) atoms. The molecule has 4 heteroatoms. The molecular weight excluding hydrogens is 215 g/mol. The van der Waals surface area contributed by atoms with E-state index in [0.717, 1.165) is 0 Å². The second-order valence-electron chi connectivity index (χ2n) is 3.57. The van der Waals surface area contributed by atoms with Crippen LogP contribution in [-0.2, 0) is 15.6 Å². The Labute approximate surface area is 91.0 Å². The second-order valence-corrected chi connectivity index (χ2v) is 5.02. The van der Waals surface area contributed by atoms with Crippen LogP contribution in [0.4, 0.5) is 4.39 Å². The average Bonchev–Trinajstić information content (AvgIpc) is 2.17. The smallest absolute Gasteiger partial charge is 0.148 e. The average molecular weight is 228 g/mol. The number of rotatable bonds is 4. The summed E-state index contributed by atoms with van der Waals surface area (Å²) in [6, 6.07) is 5.53. The lowest BCUT2D eigenvalue weighted by molar-refractivity contribution is -0.119. The molecule has 1 aromatic rings. The topological polar surface area (TPSA) is 34.1 Å². The van der Waals surface area contributed by atoms with E-state index >= 15 is 0 Å². The summed E-state index contributed by atoms with van der Waals surface area (Å²) in [6.07, 6.45) is 0. The van der Waals surface area contributed by atoms with Crippen molar-refractivity contribution in [1.29, 1.82) is 0 Å². The van der Waals surface area contributed by atoms with E-state index in [1.165, 1.54) is 18.2 Å². The predicted octanol–water partition coefficient (Wildman–Crippen LogP) is 2.16. The molecule has 0 N–H and O–H groups in total. The van der Waals surface area contributed by atoms with Crippen molar-refractivity contribution >= 4 is 16.6 Å². The van der Waals surface area contributed by atoms with E-state index in [-0.39, 0.29) is 17.5 Å². The molecule has 1 atom stereocenters. The van der Waals surface area contributed by atoms with Gasteiger partial charge in [-0.2, -0.15) is 0 Å². The molecule has 0 saturated heterocycles. The van der Waals surface area contributed by atoms with Crippen LogP contribution < -0.4 is 0 Å². The van der Waals surface area contributed by atoms with Crippen molar-refractivity contribution in [2.24, 2.45) is 5.92 Å². The molecule has 0 aliphatic carbocycles. The fourth-order valence-corrected chi connectivity index (χ4v) is 2.22. The molecule has 0 saturated carbocycles. The van der Waals surface area contributed by atoms with Crippen LogP contribution in [0.25, 0.3) is 0 Å². The van der Waals surface area contributed by atoms with Crippen molar-refractivity contribution in [2.45, 2.75) is 18.7 Å². The van der Waals surface area contributed by atoms with Gasteiger partial charge in [0.1, 0.15) is 11.6 Å². The van der Waals surface area contributed by atoms with E-state index in [9.17, 15) is 13.4 Å². The first-order valence-electron chi connectivity index (χ1n) is 4.67. The zero-order chi connectivity index (χ0) is 11.4. The third-order valence-corrected chi connectivity index (χ3v) is 3.30. The Bertz CT molecular complexity index is 388. The van der Waals surface area contributed by atoms with Gasteiger partial charge in [0.15, 0.2) is 0 Å². The minimum Gasteiger partial charge on any atom is -0.298 e. The highest BCUT2D eigenvalue weighted by molar-refractivity contribution is 7.85. The lowest BCUT2D eigenvalue weighted by atomic mass is 10.1. The molecule has 1 unspecified atom stereocenters. The maximum absolute atomic E-state index is 12.8. The molecule has 0 amide bonds. The van der Waals surface area contributed by atoms with Gasteiger partial charge in [-0.25, -0.2) is 4.39 Å². The highest BCUT2D eigenvalue weighted by Gasteiger charge is 2.13. The molecule has 1 rings (SSSR count). The third-order valence-electron chi connectivity index (χ3n) is 1.98. The van der Waals surface area contributed by atoms with E-state index < -0.39 is 16.6 Å². The molecule has 0 radical (unpaired) electrons. The van der Waals surface area contributed by atoms with Gasteiger partial charge in [0.2, 0.25) is 0 Å². The first-order valence-corrected chi connectivity index (χ1v) is 5.99.